The molecular formula is C9H9ClN2O. The molecule has 0 bridgehead atoms. The van der Waals surface area contributed by atoms with Crippen LogP contribution in [-0.2, 0) is 4.79 Å². The van der Waals surface area contributed by atoms with E-state index in [1.807, 2.05) is 18.2 Å². The quantitative estimate of drug-likeness (QED) is 0.569. The zero-order chi connectivity index (χ0) is 9.68. The number of halogens is 1. The van der Waals surface area contributed by atoms with Crippen LogP contribution in [0, 0.1) is 0 Å². The van der Waals surface area contributed by atoms with Gasteiger partial charge in [-0.25, -0.2) is 5.43 Å². The Morgan fingerprint density at radius 2 is 2.23 bits per heavy atom. The molecular weight excluding hydrogens is 188 g/mol. The lowest BCUT2D eigenvalue weighted by molar-refractivity contribution is -0.118. The van der Waals surface area contributed by atoms with E-state index >= 15 is 0 Å². The predicted molar refractivity (Wildman–Crippen MR) is 52.9 cm³/mol. The SMILES string of the molecule is CC(=O)NN=Cc1ccccc1Cl. The molecule has 0 aliphatic heterocycles. The Morgan fingerprint density at radius 1 is 1.54 bits per heavy atom. The van der Waals surface area contributed by atoms with Crippen molar-refractivity contribution in [3.05, 3.63) is 34.9 Å². The van der Waals surface area contributed by atoms with E-state index in [1.165, 1.54) is 13.1 Å². The van der Waals surface area contributed by atoms with Crippen molar-refractivity contribution < 1.29 is 4.79 Å². The third kappa shape index (κ3) is 3.25. The van der Waals surface area contributed by atoms with E-state index in [9.17, 15) is 4.79 Å². The zero-order valence-electron chi connectivity index (χ0n) is 7.12. The van der Waals surface area contributed by atoms with E-state index in [4.69, 9.17) is 11.6 Å². The number of hydrogen-bond acceptors (Lipinski definition) is 2. The zero-order valence-corrected chi connectivity index (χ0v) is 7.88. The average Bonchev–Trinajstić information content (AvgIpc) is 2.08. The molecule has 0 spiro atoms. The number of carbonyl (C=O) groups is 1. The van der Waals surface area contributed by atoms with Gasteiger partial charge in [0.05, 0.1) is 6.21 Å². The van der Waals surface area contributed by atoms with Crippen LogP contribution in [0.1, 0.15) is 12.5 Å². The van der Waals surface area contributed by atoms with Crippen LogP contribution in [-0.4, -0.2) is 12.1 Å². The van der Waals surface area contributed by atoms with Gasteiger partial charge in [0, 0.05) is 17.5 Å². The van der Waals surface area contributed by atoms with Gasteiger partial charge in [-0.05, 0) is 6.07 Å². The second-order valence-corrected chi connectivity index (χ2v) is 2.85. The number of rotatable bonds is 2. The van der Waals surface area contributed by atoms with Crippen LogP contribution in [0.4, 0.5) is 0 Å². The first-order valence-electron chi connectivity index (χ1n) is 3.74. The van der Waals surface area contributed by atoms with Gasteiger partial charge in [-0.2, -0.15) is 5.10 Å². The minimum absolute atomic E-state index is 0.205. The number of nitrogens with zero attached hydrogens (tertiary/aromatic N) is 1. The number of amides is 1. The van der Waals surface area contributed by atoms with Crippen LogP contribution in [0.25, 0.3) is 0 Å². The molecule has 13 heavy (non-hydrogen) atoms. The van der Waals surface area contributed by atoms with Crippen molar-refractivity contribution in [2.24, 2.45) is 5.10 Å². The molecule has 0 heterocycles. The van der Waals surface area contributed by atoms with Crippen molar-refractivity contribution in [3.8, 4) is 0 Å². The first kappa shape index (κ1) is 9.74. The van der Waals surface area contributed by atoms with Crippen LogP contribution in [0.15, 0.2) is 29.4 Å². The Labute approximate surface area is 81.4 Å². The normalized spacial score (nSPS) is 10.3. The number of nitrogens with one attached hydrogen (secondary N) is 1. The van der Waals surface area contributed by atoms with Gasteiger partial charge >= 0.3 is 0 Å². The van der Waals surface area contributed by atoms with Gasteiger partial charge in [-0.1, -0.05) is 29.8 Å². The summed E-state index contributed by atoms with van der Waals surface area (Å²) in [5.74, 6) is -0.205. The Morgan fingerprint density at radius 3 is 2.85 bits per heavy atom. The fourth-order valence-corrected chi connectivity index (χ4v) is 0.957. The van der Waals surface area contributed by atoms with Crippen LogP contribution in [0.5, 0.6) is 0 Å². The molecule has 0 aromatic heterocycles. The average molecular weight is 197 g/mol. The maximum absolute atomic E-state index is 10.5. The topological polar surface area (TPSA) is 41.5 Å². The highest BCUT2D eigenvalue weighted by Crippen LogP contribution is 2.11. The summed E-state index contributed by atoms with van der Waals surface area (Å²) in [5, 5.41) is 4.30. The van der Waals surface area contributed by atoms with Crippen molar-refractivity contribution >= 4 is 23.7 Å². The lowest BCUT2D eigenvalue weighted by Gasteiger charge is -1.95. The second kappa shape index (κ2) is 4.62. The monoisotopic (exact) mass is 196 g/mol. The Kier molecular flexibility index (Phi) is 3.46. The summed E-state index contributed by atoms with van der Waals surface area (Å²) < 4.78 is 0. The molecule has 0 unspecified atom stereocenters. The summed E-state index contributed by atoms with van der Waals surface area (Å²) in [6.45, 7) is 1.39. The third-order valence-electron chi connectivity index (χ3n) is 1.33. The summed E-state index contributed by atoms with van der Waals surface area (Å²) in [4.78, 5) is 10.5. The van der Waals surface area contributed by atoms with E-state index in [-0.39, 0.29) is 5.91 Å². The van der Waals surface area contributed by atoms with Crippen molar-refractivity contribution in [2.75, 3.05) is 0 Å². The first-order chi connectivity index (χ1) is 6.20. The van der Waals surface area contributed by atoms with Crippen molar-refractivity contribution in [3.63, 3.8) is 0 Å². The van der Waals surface area contributed by atoms with E-state index in [1.54, 1.807) is 6.07 Å². The van der Waals surface area contributed by atoms with Crippen LogP contribution >= 0.6 is 11.6 Å². The summed E-state index contributed by atoms with van der Waals surface area (Å²) in [6.07, 6.45) is 1.50. The molecule has 1 aromatic rings. The number of hydrazone groups is 1. The van der Waals surface area contributed by atoms with Gasteiger partial charge in [-0.15, -0.1) is 0 Å². The molecule has 68 valence electrons. The molecule has 0 aliphatic rings. The summed E-state index contributed by atoms with van der Waals surface area (Å²) in [6, 6.07) is 7.25. The highest BCUT2D eigenvalue weighted by atomic mass is 35.5. The molecule has 0 aliphatic carbocycles. The second-order valence-electron chi connectivity index (χ2n) is 2.45. The van der Waals surface area contributed by atoms with Gasteiger partial charge < -0.3 is 0 Å². The van der Waals surface area contributed by atoms with E-state index < -0.39 is 0 Å². The summed E-state index contributed by atoms with van der Waals surface area (Å²) in [7, 11) is 0. The van der Waals surface area contributed by atoms with Crippen molar-refractivity contribution in [1.29, 1.82) is 0 Å². The fraction of sp³-hybridized carbons (Fsp3) is 0.111. The van der Waals surface area contributed by atoms with Crippen LogP contribution < -0.4 is 5.43 Å². The Bertz CT molecular complexity index is 336. The van der Waals surface area contributed by atoms with Crippen molar-refractivity contribution in [2.45, 2.75) is 6.92 Å². The highest BCUT2D eigenvalue weighted by Gasteiger charge is 1.93. The maximum Gasteiger partial charge on any atom is 0.236 e. The van der Waals surface area contributed by atoms with E-state index in [2.05, 4.69) is 10.5 Å². The van der Waals surface area contributed by atoms with E-state index in [0.29, 0.717) is 5.02 Å². The molecule has 0 atom stereocenters. The van der Waals surface area contributed by atoms with Crippen LogP contribution in [0.3, 0.4) is 0 Å². The lowest BCUT2D eigenvalue weighted by atomic mass is 10.2. The third-order valence-corrected chi connectivity index (χ3v) is 1.68. The van der Waals surface area contributed by atoms with Crippen LogP contribution in [0.2, 0.25) is 5.02 Å². The molecule has 0 saturated heterocycles. The van der Waals surface area contributed by atoms with Gasteiger partial charge in [0.15, 0.2) is 0 Å². The largest absolute Gasteiger partial charge is 0.274 e. The molecule has 4 heteroatoms. The molecule has 0 radical (unpaired) electrons. The molecule has 1 rings (SSSR count). The highest BCUT2D eigenvalue weighted by molar-refractivity contribution is 6.33. The molecule has 3 nitrogen and oxygen atoms in total. The number of carbonyl (C=O) groups excluding carboxylic acids is 1. The maximum atomic E-state index is 10.5. The minimum Gasteiger partial charge on any atom is -0.274 e. The fourth-order valence-electron chi connectivity index (χ4n) is 0.773. The standard InChI is InChI=1S/C9H9ClN2O/c1-7(13)12-11-6-8-4-2-3-5-9(8)10/h2-6H,1H3,(H,12,13). The molecule has 1 amide bonds. The Hall–Kier alpha value is -1.35. The van der Waals surface area contributed by atoms with Gasteiger partial charge in [0.25, 0.3) is 0 Å². The molecule has 1 N–H and O–H groups in total. The molecule has 0 fully saturated rings. The Balaban J connectivity index is 2.68. The van der Waals surface area contributed by atoms with Gasteiger partial charge in [-0.3, -0.25) is 4.79 Å². The predicted octanol–water partition coefficient (Wildman–Crippen LogP) is 1.81. The molecule has 1 aromatic carbocycles. The molecule has 0 saturated carbocycles. The summed E-state index contributed by atoms with van der Waals surface area (Å²) >= 11 is 5.84. The lowest BCUT2D eigenvalue weighted by Crippen LogP contribution is -2.12. The van der Waals surface area contributed by atoms with Gasteiger partial charge in [0.1, 0.15) is 0 Å². The smallest absolute Gasteiger partial charge is 0.236 e. The number of hydrogen-bond donors (Lipinski definition) is 1. The minimum atomic E-state index is -0.205. The van der Waals surface area contributed by atoms with Crippen molar-refractivity contribution in [1.82, 2.24) is 5.43 Å². The first-order valence-corrected chi connectivity index (χ1v) is 4.12. The van der Waals surface area contributed by atoms with E-state index in [0.717, 1.165) is 5.56 Å². The summed E-state index contributed by atoms with van der Waals surface area (Å²) in [5.41, 5.74) is 3.07. The van der Waals surface area contributed by atoms with Gasteiger partial charge in [0.2, 0.25) is 5.91 Å². The number of benzene rings is 1.